The summed E-state index contributed by atoms with van der Waals surface area (Å²) < 4.78 is -2.78. The summed E-state index contributed by atoms with van der Waals surface area (Å²) in [5.74, 6) is 0.311. The van der Waals surface area contributed by atoms with Crippen LogP contribution in [0.25, 0.3) is 0 Å². The molecular formula is C26H30IOP. The van der Waals surface area contributed by atoms with Gasteiger partial charge in [-0.15, -0.1) is 0 Å². The standard InChI is InChI=1S/C26H30IOP/c1-26(2,3)25(28)20-24(21-14-8-5-9-15-21)29(4,27,22-16-10-6-11-17-22)23-18-12-7-13-19-23/h5-19,24H,20H2,1-4H3. The number of hydrogen-bond donors (Lipinski definition) is 0. The predicted molar refractivity (Wildman–Crippen MR) is 137 cm³/mol. The number of rotatable bonds is 6. The molecule has 0 N–H and O–H groups in total. The van der Waals surface area contributed by atoms with Crippen LogP contribution in [0.15, 0.2) is 91.0 Å². The first-order chi connectivity index (χ1) is 13.6. The summed E-state index contributed by atoms with van der Waals surface area (Å²) in [5.41, 5.74) is 0.994. The third kappa shape index (κ3) is 4.34. The molecule has 1 unspecified atom stereocenters. The normalized spacial score (nSPS) is 14.6. The maximum atomic E-state index is 13.3. The first-order valence-electron chi connectivity index (χ1n) is 10.1. The summed E-state index contributed by atoms with van der Waals surface area (Å²) in [4.78, 5) is 13.3. The molecule has 0 saturated carbocycles. The van der Waals surface area contributed by atoms with Crippen LogP contribution >= 0.6 is 26.3 Å². The van der Waals surface area contributed by atoms with Crippen LogP contribution in [-0.4, -0.2) is 12.4 Å². The van der Waals surface area contributed by atoms with Gasteiger partial charge in [-0.05, 0) is 0 Å². The van der Waals surface area contributed by atoms with Gasteiger partial charge in [-0.25, -0.2) is 0 Å². The summed E-state index contributed by atoms with van der Waals surface area (Å²) >= 11 is 2.75. The third-order valence-corrected chi connectivity index (χ3v) is 16.4. The van der Waals surface area contributed by atoms with E-state index < -0.39 is 4.25 Å². The van der Waals surface area contributed by atoms with Crippen LogP contribution in [0.3, 0.4) is 0 Å². The number of ketones is 1. The minimum atomic E-state index is -2.78. The van der Waals surface area contributed by atoms with Crippen LogP contribution in [0.1, 0.15) is 38.4 Å². The molecule has 3 aromatic rings. The van der Waals surface area contributed by atoms with Gasteiger partial charge >= 0.3 is 189 Å². The Balaban J connectivity index is 2.31. The molecule has 0 aliphatic carbocycles. The zero-order valence-electron chi connectivity index (χ0n) is 17.7. The number of hydrogen-bond acceptors (Lipinski definition) is 1. The SMILES string of the molecule is CC(C)(C)C(=O)CC(c1ccccc1)P(C)(I)(c1ccccc1)c1ccccc1. The molecule has 0 aliphatic heterocycles. The molecule has 0 spiro atoms. The molecule has 3 rings (SSSR count). The number of carbonyl (C=O) groups is 1. The number of halogens is 1. The van der Waals surface area contributed by atoms with Crippen molar-refractivity contribution in [3.8, 4) is 0 Å². The van der Waals surface area contributed by atoms with Crippen molar-refractivity contribution in [2.75, 3.05) is 6.66 Å². The van der Waals surface area contributed by atoms with E-state index in [0.717, 1.165) is 0 Å². The van der Waals surface area contributed by atoms with Crippen LogP contribution < -0.4 is 10.6 Å². The van der Waals surface area contributed by atoms with Crippen LogP contribution in [0.4, 0.5) is 0 Å². The van der Waals surface area contributed by atoms with Crippen LogP contribution in [0.5, 0.6) is 0 Å². The van der Waals surface area contributed by atoms with Crippen molar-refractivity contribution in [2.45, 2.75) is 32.9 Å². The average Bonchev–Trinajstić information content (AvgIpc) is 2.73. The molecule has 3 heteroatoms. The van der Waals surface area contributed by atoms with Gasteiger partial charge in [-0.1, -0.05) is 0 Å². The van der Waals surface area contributed by atoms with Crippen molar-refractivity contribution >= 4 is 42.7 Å². The number of benzene rings is 3. The summed E-state index contributed by atoms with van der Waals surface area (Å²) in [6.07, 6.45) is 0.536. The fourth-order valence-electron chi connectivity index (χ4n) is 3.94. The summed E-state index contributed by atoms with van der Waals surface area (Å²) in [6, 6.07) is 32.2. The Morgan fingerprint density at radius 3 is 1.55 bits per heavy atom. The van der Waals surface area contributed by atoms with E-state index in [2.05, 4.69) is 120 Å². The molecule has 0 aliphatic rings. The Labute approximate surface area is 188 Å². The molecule has 29 heavy (non-hydrogen) atoms. The molecule has 152 valence electrons. The molecule has 1 nitrogen and oxygen atoms in total. The predicted octanol–water partition coefficient (Wildman–Crippen LogP) is 6.92. The molecule has 0 fully saturated rings. The molecule has 0 aromatic heterocycles. The molecule has 0 bridgehead atoms. The fraction of sp³-hybridized carbons (Fsp3) is 0.269. The first kappa shape index (κ1) is 22.2. The van der Waals surface area contributed by atoms with Gasteiger partial charge in [0, 0.05) is 0 Å². The Morgan fingerprint density at radius 2 is 1.17 bits per heavy atom. The van der Waals surface area contributed by atoms with Gasteiger partial charge in [0.2, 0.25) is 0 Å². The van der Waals surface area contributed by atoms with Gasteiger partial charge in [0.25, 0.3) is 0 Å². The van der Waals surface area contributed by atoms with Gasteiger partial charge < -0.3 is 0 Å². The molecule has 0 amide bonds. The summed E-state index contributed by atoms with van der Waals surface area (Å²) in [7, 11) is 0. The Morgan fingerprint density at radius 1 is 0.793 bits per heavy atom. The van der Waals surface area contributed by atoms with Crippen LogP contribution in [0.2, 0.25) is 0 Å². The van der Waals surface area contributed by atoms with Crippen LogP contribution in [-0.2, 0) is 4.79 Å². The van der Waals surface area contributed by atoms with Crippen molar-refractivity contribution in [3.63, 3.8) is 0 Å². The monoisotopic (exact) mass is 516 g/mol. The second-order valence-corrected chi connectivity index (χ2v) is 21.1. The van der Waals surface area contributed by atoms with E-state index in [9.17, 15) is 4.79 Å². The fourth-order valence-corrected chi connectivity index (χ4v) is 11.7. The van der Waals surface area contributed by atoms with Gasteiger partial charge in [0.05, 0.1) is 0 Å². The Bertz CT molecular complexity index is 916. The van der Waals surface area contributed by atoms with E-state index in [0.29, 0.717) is 12.2 Å². The Hall–Kier alpha value is -1.51. The average molecular weight is 516 g/mol. The van der Waals surface area contributed by atoms with E-state index in [1.54, 1.807) is 0 Å². The molecular weight excluding hydrogens is 486 g/mol. The summed E-state index contributed by atoms with van der Waals surface area (Å²) in [5, 5.41) is 2.67. The quantitative estimate of drug-likeness (QED) is 0.257. The molecule has 0 saturated heterocycles. The molecule has 0 radical (unpaired) electrons. The molecule has 3 aromatic carbocycles. The van der Waals surface area contributed by atoms with E-state index in [1.165, 1.54) is 16.2 Å². The third-order valence-electron chi connectivity index (χ3n) is 5.92. The number of Topliss-reactive ketones (excluding diaryl/α,β-unsaturated/α-hetero) is 1. The second kappa shape index (κ2) is 8.32. The van der Waals surface area contributed by atoms with E-state index >= 15 is 0 Å². The minimum absolute atomic E-state index is 0.110. The summed E-state index contributed by atoms with van der Waals surface area (Å²) in [6.45, 7) is 8.51. The van der Waals surface area contributed by atoms with Gasteiger partial charge in [-0.2, -0.15) is 0 Å². The van der Waals surface area contributed by atoms with Crippen molar-refractivity contribution in [2.24, 2.45) is 5.41 Å². The van der Waals surface area contributed by atoms with Gasteiger partial charge in [0.15, 0.2) is 0 Å². The van der Waals surface area contributed by atoms with Crippen molar-refractivity contribution < 1.29 is 4.79 Å². The Kier molecular flexibility index (Phi) is 6.36. The van der Waals surface area contributed by atoms with Crippen molar-refractivity contribution in [1.82, 2.24) is 0 Å². The van der Waals surface area contributed by atoms with Gasteiger partial charge in [-0.3, -0.25) is 0 Å². The zero-order chi connectivity index (χ0) is 21.1. The van der Waals surface area contributed by atoms with E-state index in [4.69, 9.17) is 0 Å². The molecule has 1 atom stereocenters. The van der Waals surface area contributed by atoms with Crippen molar-refractivity contribution in [1.29, 1.82) is 0 Å². The van der Waals surface area contributed by atoms with Crippen molar-refractivity contribution in [3.05, 3.63) is 96.6 Å². The topological polar surface area (TPSA) is 17.1 Å². The number of carbonyl (C=O) groups excluding carboxylic acids is 1. The maximum absolute atomic E-state index is 13.3. The molecule has 0 heterocycles. The second-order valence-electron chi connectivity index (χ2n) is 8.99. The van der Waals surface area contributed by atoms with E-state index in [-0.39, 0.29) is 11.1 Å². The van der Waals surface area contributed by atoms with E-state index in [1.807, 2.05) is 20.8 Å². The zero-order valence-corrected chi connectivity index (χ0v) is 20.7. The van der Waals surface area contributed by atoms with Gasteiger partial charge in [0.1, 0.15) is 0 Å². The van der Waals surface area contributed by atoms with Crippen LogP contribution in [0, 0.1) is 5.41 Å². The first-order valence-corrected chi connectivity index (χ1v) is 15.6.